The maximum Gasteiger partial charge on any atom is 0.475 e. The topological polar surface area (TPSA) is 72.5 Å². The van der Waals surface area contributed by atoms with E-state index in [1.54, 1.807) is 20.3 Å². The van der Waals surface area contributed by atoms with Crippen LogP contribution >= 0.6 is 16.3 Å². The van der Waals surface area contributed by atoms with E-state index in [4.69, 9.17) is 27.6 Å². The van der Waals surface area contributed by atoms with Crippen molar-refractivity contribution < 1.29 is 32.1 Å². The van der Waals surface area contributed by atoms with E-state index in [2.05, 4.69) is 0 Å². The maximum absolute atomic E-state index is 13.2. The molecule has 0 aliphatic carbocycles. The van der Waals surface area contributed by atoms with Crippen LogP contribution in [-0.4, -0.2) is 39.0 Å². The first kappa shape index (κ1) is 27.6. The Hall–Kier alpha value is -1.66. The number of ether oxygens (including phenoxy) is 2. The molecule has 0 unspecified atom stereocenters. The molecule has 0 N–H and O–H groups in total. The Labute approximate surface area is 198 Å². The van der Waals surface area contributed by atoms with Crippen LogP contribution in [0.15, 0.2) is 72.8 Å². The van der Waals surface area contributed by atoms with Crippen molar-refractivity contribution in [2.75, 3.05) is 27.4 Å². The Balaban J connectivity index is 1.92. The number of benzene rings is 2. The summed E-state index contributed by atoms with van der Waals surface area (Å²) in [4.78, 5) is 0. The highest BCUT2D eigenvalue weighted by atomic mass is 31.2. The highest BCUT2D eigenvalue weighted by Gasteiger charge is 2.26. The van der Waals surface area contributed by atoms with Crippen LogP contribution < -0.4 is 0 Å². The molecule has 180 valence electrons. The lowest BCUT2D eigenvalue weighted by atomic mass is 10.2. The summed E-state index contributed by atoms with van der Waals surface area (Å²) in [5, 5.41) is 0. The number of rotatable bonds is 16. The van der Waals surface area contributed by atoms with E-state index in [0.717, 1.165) is 16.6 Å². The highest BCUT2D eigenvalue weighted by molar-refractivity contribution is 7.48. The van der Waals surface area contributed by atoms with Gasteiger partial charge in [0.2, 0.25) is 0 Å². The third-order valence-corrected chi connectivity index (χ3v) is 6.31. The van der Waals surface area contributed by atoms with Crippen molar-refractivity contribution in [2.45, 2.75) is 32.7 Å². The third-order valence-electron chi connectivity index (χ3n) is 4.24. The van der Waals surface area contributed by atoms with E-state index in [-0.39, 0.29) is 25.9 Å². The molecule has 33 heavy (non-hydrogen) atoms. The second-order valence-corrected chi connectivity index (χ2v) is 9.64. The quantitative estimate of drug-likeness (QED) is 0.204. The van der Waals surface area contributed by atoms with Crippen molar-refractivity contribution >= 4 is 21.7 Å². The molecule has 0 fully saturated rings. The molecule has 0 bridgehead atoms. The molecule has 0 aromatic heterocycles. The Morgan fingerprint density at radius 1 is 0.939 bits per heavy atom. The van der Waals surface area contributed by atoms with Crippen LogP contribution in [0.3, 0.4) is 0 Å². The summed E-state index contributed by atoms with van der Waals surface area (Å²) < 4.78 is 46.1. The summed E-state index contributed by atoms with van der Waals surface area (Å²) in [7, 11) is 0.0980. The minimum absolute atomic E-state index is 0.0456. The summed E-state index contributed by atoms with van der Waals surface area (Å²) in [5.41, 5.74) is 2.51. The molecule has 9 heteroatoms. The normalized spacial score (nSPS) is 13.5. The molecule has 0 saturated carbocycles. The van der Waals surface area contributed by atoms with Crippen LogP contribution in [0.1, 0.15) is 24.5 Å². The fourth-order valence-corrected chi connectivity index (χ4v) is 4.32. The average molecular weight is 494 g/mol. The lowest BCUT2D eigenvalue weighted by Crippen LogP contribution is -2.13. The Bertz CT molecular complexity index is 841. The molecule has 1 atom stereocenters. The Morgan fingerprint density at radius 3 is 2.03 bits per heavy atom. The Kier molecular flexibility index (Phi) is 13.4. The zero-order chi connectivity index (χ0) is 23.8. The van der Waals surface area contributed by atoms with E-state index >= 15 is 0 Å². The minimum Gasteiger partial charge on any atom is -0.384 e. The number of phosphoric ester groups is 1. The van der Waals surface area contributed by atoms with Crippen molar-refractivity contribution in [1.82, 2.24) is 0 Å². The number of methoxy groups -OCH3 is 1. The molecule has 0 heterocycles. The van der Waals surface area contributed by atoms with Crippen molar-refractivity contribution in [1.29, 1.82) is 0 Å². The summed E-state index contributed by atoms with van der Waals surface area (Å²) >= 11 is 0. The van der Waals surface area contributed by atoms with Gasteiger partial charge in [0, 0.05) is 20.6 Å². The van der Waals surface area contributed by atoms with Gasteiger partial charge in [0.1, 0.15) is 5.48 Å². The van der Waals surface area contributed by atoms with Gasteiger partial charge in [-0.3, -0.25) is 13.6 Å². The van der Waals surface area contributed by atoms with Crippen molar-refractivity contribution in [3.05, 3.63) is 83.9 Å². The minimum atomic E-state index is -3.80. The molecule has 0 radical (unpaired) electrons. The lowest BCUT2D eigenvalue weighted by Gasteiger charge is -2.18. The van der Waals surface area contributed by atoms with Gasteiger partial charge in [0.25, 0.3) is 0 Å². The van der Waals surface area contributed by atoms with Crippen LogP contribution in [0, 0.1) is 0 Å². The molecule has 7 nitrogen and oxygen atoms in total. The lowest BCUT2D eigenvalue weighted by molar-refractivity contribution is 0.110. The zero-order valence-corrected chi connectivity index (χ0v) is 21.1. The van der Waals surface area contributed by atoms with Gasteiger partial charge < -0.3 is 14.0 Å². The molecule has 0 saturated heterocycles. The summed E-state index contributed by atoms with van der Waals surface area (Å²) in [6, 6.07) is 18.9. The van der Waals surface area contributed by atoms with Gasteiger partial charge in [0.05, 0.1) is 41.0 Å². The van der Waals surface area contributed by atoms with Crippen LogP contribution in [0.5, 0.6) is 0 Å². The van der Waals surface area contributed by atoms with Crippen molar-refractivity contribution in [3.8, 4) is 0 Å². The smallest absolute Gasteiger partial charge is 0.384 e. The van der Waals surface area contributed by atoms with Gasteiger partial charge in [-0.2, -0.15) is 0 Å². The first-order valence-electron chi connectivity index (χ1n) is 10.6. The molecule has 0 spiro atoms. The number of hydrogen-bond donors (Lipinski definition) is 0. The highest BCUT2D eigenvalue weighted by Crippen LogP contribution is 2.50. The molecule has 2 aromatic carbocycles. The second kappa shape index (κ2) is 16.0. The predicted molar refractivity (Wildman–Crippen MR) is 131 cm³/mol. The SMILES string of the molecule is COCCC(O[C@@H](C)/C=C\COP(=O)(OCc1ccccc1)OCc1ccccc1)=POC. The fourth-order valence-electron chi connectivity index (χ4n) is 2.62. The number of phosphoric acid groups is 1. The second-order valence-electron chi connectivity index (χ2n) is 6.92. The van der Waals surface area contributed by atoms with Crippen LogP contribution in [0.4, 0.5) is 0 Å². The van der Waals surface area contributed by atoms with E-state index < -0.39 is 7.82 Å². The van der Waals surface area contributed by atoms with Crippen LogP contribution in [0.25, 0.3) is 0 Å². The van der Waals surface area contributed by atoms with E-state index in [1.807, 2.05) is 73.7 Å². The molecular formula is C24H32O7P2. The predicted octanol–water partition coefficient (Wildman–Crippen LogP) is 6.18. The van der Waals surface area contributed by atoms with E-state index in [1.165, 1.54) is 0 Å². The van der Waals surface area contributed by atoms with Gasteiger partial charge in [-0.25, -0.2) is 4.57 Å². The molecule has 2 rings (SSSR count). The fraction of sp³-hybridized carbons (Fsp3) is 0.375. The zero-order valence-electron chi connectivity index (χ0n) is 19.3. The Morgan fingerprint density at radius 2 is 1.52 bits per heavy atom. The molecule has 0 amide bonds. The van der Waals surface area contributed by atoms with E-state index in [0.29, 0.717) is 21.5 Å². The van der Waals surface area contributed by atoms with Gasteiger partial charge in [-0.1, -0.05) is 72.8 Å². The average Bonchev–Trinajstić information content (AvgIpc) is 2.84. The standard InChI is InChI=1S/C24H32O7P2/c1-21(31-24(32-27-3)16-18-26-2)11-10-17-28-33(25,29-19-22-12-6-4-7-13-22)30-20-23-14-8-5-9-15-23/h4-15,21H,16-20H2,1-3H3/b11-10-/t21-/m0/s1. The van der Waals surface area contributed by atoms with Crippen LogP contribution in [0.2, 0.25) is 0 Å². The monoisotopic (exact) mass is 494 g/mol. The summed E-state index contributed by atoms with van der Waals surface area (Å²) in [5.74, 6) is 0. The first-order chi connectivity index (χ1) is 16.0. The van der Waals surface area contributed by atoms with Crippen molar-refractivity contribution in [2.24, 2.45) is 0 Å². The van der Waals surface area contributed by atoms with Gasteiger partial charge in [-0.15, -0.1) is 0 Å². The summed E-state index contributed by atoms with van der Waals surface area (Å²) in [6.45, 7) is 2.72. The molecule has 0 aliphatic rings. The maximum atomic E-state index is 13.2. The number of hydrogen-bond acceptors (Lipinski definition) is 7. The summed E-state index contributed by atoms with van der Waals surface area (Å²) in [6.07, 6.45) is 3.96. The molecule has 2 aromatic rings. The van der Waals surface area contributed by atoms with Crippen molar-refractivity contribution in [3.63, 3.8) is 0 Å². The first-order valence-corrected chi connectivity index (χ1v) is 12.9. The third kappa shape index (κ3) is 11.9. The largest absolute Gasteiger partial charge is 0.475 e. The van der Waals surface area contributed by atoms with Gasteiger partial charge >= 0.3 is 7.82 Å². The van der Waals surface area contributed by atoms with E-state index in [9.17, 15) is 4.57 Å². The molecule has 0 aliphatic heterocycles. The van der Waals surface area contributed by atoms with Gasteiger partial charge in [-0.05, 0) is 18.1 Å². The molecular weight excluding hydrogens is 462 g/mol. The van der Waals surface area contributed by atoms with Gasteiger partial charge in [0.15, 0.2) is 0 Å². The van der Waals surface area contributed by atoms with Crippen LogP contribution in [-0.2, 0) is 45.3 Å².